The van der Waals surface area contributed by atoms with Gasteiger partial charge in [-0.25, -0.2) is 4.98 Å². The highest BCUT2D eigenvalue weighted by Crippen LogP contribution is 2.17. The van der Waals surface area contributed by atoms with Gasteiger partial charge in [0.1, 0.15) is 5.15 Å². The lowest BCUT2D eigenvalue weighted by molar-refractivity contribution is -0.120. The Balaban J connectivity index is 2.12. The molecule has 2 amide bonds. The third-order valence-electron chi connectivity index (χ3n) is 3.57. The molecule has 0 radical (unpaired) electrons. The first kappa shape index (κ1) is 15.8. The number of likely N-dealkylation sites (tertiary alicyclic amines) is 1. The number of aromatic nitrogens is 1. The zero-order chi connectivity index (χ0) is 15.4. The molecular weight excluding hydrogens is 290 g/mol. The van der Waals surface area contributed by atoms with Gasteiger partial charge in [-0.15, -0.1) is 0 Å². The molecule has 1 atom stereocenters. The number of aryl methyl sites for hydroxylation is 1. The van der Waals surface area contributed by atoms with Crippen LogP contribution in [0.15, 0.2) is 12.1 Å². The van der Waals surface area contributed by atoms with E-state index in [2.05, 4.69) is 10.3 Å². The van der Waals surface area contributed by atoms with Crippen molar-refractivity contribution in [3.8, 4) is 0 Å². The van der Waals surface area contributed by atoms with Gasteiger partial charge in [-0.3, -0.25) is 9.59 Å². The molecule has 1 N–H and O–H groups in total. The Labute approximate surface area is 129 Å². The molecule has 0 aromatic carbocycles. The summed E-state index contributed by atoms with van der Waals surface area (Å²) in [6, 6.07) is 3.42. The zero-order valence-corrected chi connectivity index (χ0v) is 13.1. The summed E-state index contributed by atoms with van der Waals surface area (Å²) < 4.78 is 0. The van der Waals surface area contributed by atoms with E-state index in [0.717, 1.165) is 25.0 Å². The predicted molar refractivity (Wildman–Crippen MR) is 81.4 cm³/mol. The van der Waals surface area contributed by atoms with E-state index in [4.69, 9.17) is 11.6 Å². The second-order valence-electron chi connectivity index (χ2n) is 5.31. The highest BCUT2D eigenvalue weighted by molar-refractivity contribution is 6.29. The normalized spacial score (nSPS) is 18.4. The maximum absolute atomic E-state index is 12.6. The molecule has 1 aliphatic heterocycles. The van der Waals surface area contributed by atoms with E-state index in [0.29, 0.717) is 23.8 Å². The first-order valence-electron chi connectivity index (χ1n) is 7.22. The molecule has 114 valence electrons. The minimum Gasteiger partial charge on any atom is -0.352 e. The number of halogens is 1. The molecule has 0 bridgehead atoms. The molecule has 2 heterocycles. The predicted octanol–water partition coefficient (Wildman–Crippen LogP) is 2.04. The minimum absolute atomic E-state index is 0.0307. The quantitative estimate of drug-likeness (QED) is 0.869. The smallest absolute Gasteiger partial charge is 0.254 e. The Morgan fingerprint density at radius 2 is 2.24 bits per heavy atom. The second kappa shape index (κ2) is 6.89. The summed E-state index contributed by atoms with van der Waals surface area (Å²) in [6.45, 7) is 4.72. The number of hydrogen-bond acceptors (Lipinski definition) is 3. The molecule has 21 heavy (non-hydrogen) atoms. The van der Waals surface area contributed by atoms with E-state index in [1.165, 1.54) is 6.92 Å². The van der Waals surface area contributed by atoms with Crippen molar-refractivity contribution in [2.24, 2.45) is 0 Å². The van der Waals surface area contributed by atoms with E-state index in [1.54, 1.807) is 17.0 Å². The van der Waals surface area contributed by atoms with Gasteiger partial charge < -0.3 is 10.2 Å². The van der Waals surface area contributed by atoms with Crippen LogP contribution in [-0.2, 0) is 11.2 Å². The standard InChI is InChI=1S/C15H20ClN3O2/c1-3-12-7-11(8-14(16)18-12)15(21)19-6-4-5-13(9-19)17-10(2)20/h7-8,13H,3-6,9H2,1-2H3,(H,17,20). The number of nitrogens with one attached hydrogen (secondary N) is 1. The summed E-state index contributed by atoms with van der Waals surface area (Å²) >= 11 is 5.97. The van der Waals surface area contributed by atoms with Crippen molar-refractivity contribution in [1.29, 1.82) is 0 Å². The van der Waals surface area contributed by atoms with Crippen molar-refractivity contribution in [2.75, 3.05) is 13.1 Å². The minimum atomic E-state index is -0.0606. The van der Waals surface area contributed by atoms with Crippen LogP contribution in [0.5, 0.6) is 0 Å². The van der Waals surface area contributed by atoms with Crippen molar-refractivity contribution in [3.05, 3.63) is 28.5 Å². The lowest BCUT2D eigenvalue weighted by Crippen LogP contribution is -2.49. The lowest BCUT2D eigenvalue weighted by Gasteiger charge is -2.33. The van der Waals surface area contributed by atoms with Crippen LogP contribution in [0.25, 0.3) is 0 Å². The van der Waals surface area contributed by atoms with E-state index in [9.17, 15) is 9.59 Å². The molecule has 1 saturated heterocycles. The van der Waals surface area contributed by atoms with Crippen molar-refractivity contribution >= 4 is 23.4 Å². The Kier molecular flexibility index (Phi) is 5.17. The molecular formula is C15H20ClN3O2. The highest BCUT2D eigenvalue weighted by Gasteiger charge is 2.25. The van der Waals surface area contributed by atoms with E-state index >= 15 is 0 Å². The van der Waals surface area contributed by atoms with Gasteiger partial charge in [-0.1, -0.05) is 18.5 Å². The molecule has 6 heteroatoms. The number of nitrogens with zero attached hydrogens (tertiary/aromatic N) is 2. The first-order chi connectivity index (χ1) is 9.99. The summed E-state index contributed by atoms with van der Waals surface area (Å²) in [7, 11) is 0. The van der Waals surface area contributed by atoms with Crippen LogP contribution in [-0.4, -0.2) is 40.8 Å². The average Bonchev–Trinajstić information content (AvgIpc) is 2.45. The third kappa shape index (κ3) is 4.17. The zero-order valence-electron chi connectivity index (χ0n) is 12.4. The van der Waals surface area contributed by atoms with Gasteiger partial charge in [-0.05, 0) is 31.4 Å². The summed E-state index contributed by atoms with van der Waals surface area (Å²) in [6.07, 6.45) is 2.52. The van der Waals surface area contributed by atoms with Crippen LogP contribution >= 0.6 is 11.6 Å². The van der Waals surface area contributed by atoms with Gasteiger partial charge in [-0.2, -0.15) is 0 Å². The number of piperidine rings is 1. The highest BCUT2D eigenvalue weighted by atomic mass is 35.5. The van der Waals surface area contributed by atoms with Crippen molar-refractivity contribution in [1.82, 2.24) is 15.2 Å². The van der Waals surface area contributed by atoms with E-state index in [-0.39, 0.29) is 17.9 Å². The maximum atomic E-state index is 12.6. The summed E-state index contributed by atoms with van der Waals surface area (Å²) in [4.78, 5) is 29.7. The molecule has 1 unspecified atom stereocenters. The molecule has 0 spiro atoms. The largest absolute Gasteiger partial charge is 0.352 e. The number of pyridine rings is 1. The fourth-order valence-electron chi connectivity index (χ4n) is 2.61. The number of carbonyl (C=O) groups is 2. The SMILES string of the molecule is CCc1cc(C(=O)N2CCCC(NC(C)=O)C2)cc(Cl)n1. The fraction of sp³-hybridized carbons (Fsp3) is 0.533. The molecule has 1 aromatic heterocycles. The Morgan fingerprint density at radius 1 is 1.48 bits per heavy atom. The van der Waals surface area contributed by atoms with Gasteiger partial charge >= 0.3 is 0 Å². The van der Waals surface area contributed by atoms with Gasteiger partial charge in [0.15, 0.2) is 0 Å². The van der Waals surface area contributed by atoms with Gasteiger partial charge in [0.25, 0.3) is 5.91 Å². The van der Waals surface area contributed by atoms with Crippen LogP contribution in [0.3, 0.4) is 0 Å². The molecule has 1 fully saturated rings. The maximum Gasteiger partial charge on any atom is 0.254 e. The number of rotatable bonds is 3. The average molecular weight is 310 g/mol. The van der Waals surface area contributed by atoms with E-state index < -0.39 is 0 Å². The molecule has 2 rings (SSSR count). The molecule has 0 saturated carbocycles. The Hall–Kier alpha value is -1.62. The molecule has 1 aliphatic rings. The van der Waals surface area contributed by atoms with Crippen LogP contribution < -0.4 is 5.32 Å². The number of amides is 2. The van der Waals surface area contributed by atoms with Crippen LogP contribution in [0, 0.1) is 0 Å². The van der Waals surface area contributed by atoms with Crippen molar-refractivity contribution in [2.45, 2.75) is 39.2 Å². The summed E-state index contributed by atoms with van der Waals surface area (Å²) in [5.74, 6) is -0.112. The summed E-state index contributed by atoms with van der Waals surface area (Å²) in [5.41, 5.74) is 1.37. The molecule has 5 nitrogen and oxygen atoms in total. The molecule has 0 aliphatic carbocycles. The Morgan fingerprint density at radius 3 is 2.90 bits per heavy atom. The monoisotopic (exact) mass is 309 g/mol. The lowest BCUT2D eigenvalue weighted by atomic mass is 10.0. The molecule has 1 aromatic rings. The summed E-state index contributed by atoms with van der Waals surface area (Å²) in [5, 5.41) is 3.22. The van der Waals surface area contributed by atoms with Gasteiger partial charge in [0, 0.05) is 37.3 Å². The Bertz CT molecular complexity index is 548. The first-order valence-corrected chi connectivity index (χ1v) is 7.60. The van der Waals surface area contributed by atoms with Crippen molar-refractivity contribution < 1.29 is 9.59 Å². The van der Waals surface area contributed by atoms with Crippen LogP contribution in [0.2, 0.25) is 5.15 Å². The van der Waals surface area contributed by atoms with Gasteiger partial charge in [0.05, 0.1) is 0 Å². The fourth-order valence-corrected chi connectivity index (χ4v) is 2.83. The van der Waals surface area contributed by atoms with Crippen LogP contribution in [0.4, 0.5) is 0 Å². The topological polar surface area (TPSA) is 62.3 Å². The van der Waals surface area contributed by atoms with Crippen molar-refractivity contribution in [3.63, 3.8) is 0 Å². The number of carbonyl (C=O) groups excluding carboxylic acids is 2. The number of hydrogen-bond donors (Lipinski definition) is 1. The second-order valence-corrected chi connectivity index (χ2v) is 5.70. The van der Waals surface area contributed by atoms with Gasteiger partial charge in [0.2, 0.25) is 5.91 Å². The van der Waals surface area contributed by atoms with Crippen LogP contribution in [0.1, 0.15) is 42.7 Å². The van der Waals surface area contributed by atoms with E-state index in [1.807, 2.05) is 6.92 Å². The third-order valence-corrected chi connectivity index (χ3v) is 3.77.